The van der Waals surface area contributed by atoms with Gasteiger partial charge in [-0.1, -0.05) is 18.2 Å². The number of rotatable bonds is 6. The summed E-state index contributed by atoms with van der Waals surface area (Å²) in [5.74, 6) is 0.524. The number of Topliss-reactive ketones (excluding diaryl/α,β-unsaturated/α-hetero) is 1. The lowest BCUT2D eigenvalue weighted by molar-refractivity contribution is 0.101. The summed E-state index contributed by atoms with van der Waals surface area (Å²) in [6.07, 6.45) is 0.00909. The maximum atomic E-state index is 13.1. The number of hydrogen-bond donors (Lipinski definition) is 0. The van der Waals surface area contributed by atoms with Crippen LogP contribution in [0.2, 0.25) is 0 Å². The van der Waals surface area contributed by atoms with Crippen molar-refractivity contribution in [3.8, 4) is 5.75 Å². The van der Waals surface area contributed by atoms with Crippen LogP contribution in [0.5, 0.6) is 5.75 Å². The maximum Gasteiger partial charge on any atom is 0.176 e. The van der Waals surface area contributed by atoms with Crippen LogP contribution in [0.4, 0.5) is 4.39 Å². The van der Waals surface area contributed by atoms with Crippen LogP contribution in [0.25, 0.3) is 0 Å². The van der Waals surface area contributed by atoms with E-state index in [1.165, 1.54) is 23.9 Å². The summed E-state index contributed by atoms with van der Waals surface area (Å²) < 4.78 is 18.8. The third-order valence-corrected chi connectivity index (χ3v) is 3.71. The van der Waals surface area contributed by atoms with Crippen molar-refractivity contribution in [1.29, 1.82) is 0 Å². The first kappa shape index (κ1) is 15.6. The minimum atomic E-state index is -0.295. The molecule has 0 heterocycles. The van der Waals surface area contributed by atoms with E-state index in [4.69, 9.17) is 4.74 Å². The molecule has 0 saturated carbocycles. The number of carbonyl (C=O) groups is 1. The number of benzene rings is 2. The Balaban J connectivity index is 2.07. The standard InChI is InChI=1S/C17H17FO2S/c1-12(2)20-17-9-4-3-8-15(17)16(19)11-21-14-7-5-6-13(18)10-14/h3-10,12H,11H2,1-2H3. The Bertz CT molecular complexity index is 626. The van der Waals surface area contributed by atoms with Crippen LogP contribution < -0.4 is 4.74 Å². The fourth-order valence-electron chi connectivity index (χ4n) is 1.84. The molecule has 0 aliphatic carbocycles. The lowest BCUT2D eigenvalue weighted by atomic mass is 10.1. The van der Waals surface area contributed by atoms with Gasteiger partial charge in [0.05, 0.1) is 17.4 Å². The zero-order valence-electron chi connectivity index (χ0n) is 12.0. The van der Waals surface area contributed by atoms with Gasteiger partial charge < -0.3 is 4.74 Å². The van der Waals surface area contributed by atoms with E-state index in [2.05, 4.69) is 0 Å². The summed E-state index contributed by atoms with van der Waals surface area (Å²) in [6.45, 7) is 3.84. The van der Waals surface area contributed by atoms with Crippen molar-refractivity contribution in [2.24, 2.45) is 0 Å². The van der Waals surface area contributed by atoms with Crippen molar-refractivity contribution >= 4 is 17.5 Å². The van der Waals surface area contributed by atoms with E-state index in [0.717, 1.165) is 4.90 Å². The maximum absolute atomic E-state index is 13.1. The van der Waals surface area contributed by atoms with Gasteiger partial charge in [0.15, 0.2) is 5.78 Å². The molecule has 0 bridgehead atoms. The summed E-state index contributed by atoms with van der Waals surface area (Å²) in [5, 5.41) is 0. The Morgan fingerprint density at radius 3 is 2.67 bits per heavy atom. The highest BCUT2D eigenvalue weighted by Gasteiger charge is 2.13. The highest BCUT2D eigenvalue weighted by atomic mass is 32.2. The molecule has 0 spiro atoms. The predicted molar refractivity (Wildman–Crippen MR) is 83.7 cm³/mol. The van der Waals surface area contributed by atoms with Gasteiger partial charge in [0.1, 0.15) is 11.6 Å². The topological polar surface area (TPSA) is 26.3 Å². The molecule has 0 aromatic heterocycles. The molecule has 2 aromatic carbocycles. The Kier molecular flexibility index (Phi) is 5.39. The second-order valence-corrected chi connectivity index (χ2v) is 5.88. The van der Waals surface area contributed by atoms with Crippen molar-refractivity contribution in [3.63, 3.8) is 0 Å². The van der Waals surface area contributed by atoms with E-state index in [-0.39, 0.29) is 23.5 Å². The highest BCUT2D eigenvalue weighted by molar-refractivity contribution is 8.00. The first-order valence-corrected chi connectivity index (χ1v) is 7.72. The zero-order chi connectivity index (χ0) is 15.2. The first-order valence-electron chi connectivity index (χ1n) is 6.73. The second kappa shape index (κ2) is 7.27. The van der Waals surface area contributed by atoms with Crippen molar-refractivity contribution in [1.82, 2.24) is 0 Å². The van der Waals surface area contributed by atoms with Crippen molar-refractivity contribution < 1.29 is 13.9 Å². The van der Waals surface area contributed by atoms with E-state index in [1.807, 2.05) is 26.0 Å². The average molecular weight is 304 g/mol. The summed E-state index contributed by atoms with van der Waals surface area (Å²) in [4.78, 5) is 13.1. The molecule has 0 radical (unpaired) electrons. The minimum absolute atomic E-state index is 0.00909. The van der Waals surface area contributed by atoms with Crippen LogP contribution in [0.1, 0.15) is 24.2 Å². The van der Waals surface area contributed by atoms with Gasteiger partial charge >= 0.3 is 0 Å². The van der Waals surface area contributed by atoms with Crippen molar-refractivity contribution in [2.75, 3.05) is 5.75 Å². The SMILES string of the molecule is CC(C)Oc1ccccc1C(=O)CSc1cccc(F)c1. The fraction of sp³-hybridized carbons (Fsp3) is 0.235. The summed E-state index contributed by atoms with van der Waals surface area (Å²) >= 11 is 1.32. The Morgan fingerprint density at radius 1 is 1.19 bits per heavy atom. The molecule has 0 unspecified atom stereocenters. The quantitative estimate of drug-likeness (QED) is 0.577. The molecule has 0 fully saturated rings. The largest absolute Gasteiger partial charge is 0.490 e. The van der Waals surface area contributed by atoms with E-state index in [9.17, 15) is 9.18 Å². The van der Waals surface area contributed by atoms with Crippen LogP contribution in [0.15, 0.2) is 53.4 Å². The number of thioether (sulfide) groups is 1. The molecule has 0 amide bonds. The number of ether oxygens (including phenoxy) is 1. The molecule has 2 rings (SSSR count). The summed E-state index contributed by atoms with van der Waals surface area (Å²) in [6, 6.07) is 13.4. The number of para-hydroxylation sites is 1. The lowest BCUT2D eigenvalue weighted by Crippen LogP contribution is -2.11. The molecule has 2 nitrogen and oxygen atoms in total. The average Bonchev–Trinajstić information content (AvgIpc) is 2.45. The van der Waals surface area contributed by atoms with Gasteiger partial charge in [0, 0.05) is 4.90 Å². The molecule has 0 aliphatic rings. The number of halogens is 1. The summed E-state index contributed by atoms with van der Waals surface area (Å²) in [7, 11) is 0. The normalized spacial score (nSPS) is 10.7. The lowest BCUT2D eigenvalue weighted by Gasteiger charge is -2.13. The van der Waals surface area contributed by atoms with E-state index >= 15 is 0 Å². The van der Waals surface area contributed by atoms with Gasteiger partial charge in [-0.15, -0.1) is 11.8 Å². The molecule has 0 N–H and O–H groups in total. The fourth-order valence-corrected chi connectivity index (χ4v) is 2.66. The molecular formula is C17H17FO2S. The van der Waals surface area contributed by atoms with Crippen LogP contribution in [0, 0.1) is 5.82 Å². The molecule has 4 heteroatoms. The summed E-state index contributed by atoms with van der Waals surface area (Å²) in [5.41, 5.74) is 0.565. The minimum Gasteiger partial charge on any atom is -0.490 e. The van der Waals surface area contributed by atoms with Gasteiger partial charge in [-0.05, 0) is 44.2 Å². The molecule has 110 valence electrons. The van der Waals surface area contributed by atoms with Gasteiger partial charge in [-0.25, -0.2) is 4.39 Å². The smallest absolute Gasteiger partial charge is 0.176 e. The second-order valence-electron chi connectivity index (χ2n) is 4.83. The third kappa shape index (κ3) is 4.60. The first-order chi connectivity index (χ1) is 10.1. The molecule has 2 aromatic rings. The van der Waals surface area contributed by atoms with Gasteiger partial charge in [-0.3, -0.25) is 4.79 Å². The monoisotopic (exact) mass is 304 g/mol. The van der Waals surface area contributed by atoms with Crippen molar-refractivity contribution in [3.05, 3.63) is 59.9 Å². The Labute approximate surface area is 128 Å². The van der Waals surface area contributed by atoms with Crippen LogP contribution >= 0.6 is 11.8 Å². The molecule has 21 heavy (non-hydrogen) atoms. The molecule has 0 aliphatic heterocycles. The third-order valence-electron chi connectivity index (χ3n) is 2.72. The van der Waals surface area contributed by atoms with Crippen LogP contribution in [-0.2, 0) is 0 Å². The van der Waals surface area contributed by atoms with Crippen LogP contribution in [0.3, 0.4) is 0 Å². The predicted octanol–water partition coefficient (Wildman–Crippen LogP) is 4.59. The Morgan fingerprint density at radius 2 is 1.95 bits per heavy atom. The highest BCUT2D eigenvalue weighted by Crippen LogP contribution is 2.24. The van der Waals surface area contributed by atoms with Crippen molar-refractivity contribution in [2.45, 2.75) is 24.8 Å². The van der Waals surface area contributed by atoms with Gasteiger partial charge in [0.2, 0.25) is 0 Å². The molecule has 0 saturated heterocycles. The van der Waals surface area contributed by atoms with E-state index < -0.39 is 0 Å². The molecular weight excluding hydrogens is 287 g/mol. The molecule has 0 atom stereocenters. The van der Waals surface area contributed by atoms with Crippen LogP contribution in [-0.4, -0.2) is 17.6 Å². The van der Waals surface area contributed by atoms with E-state index in [1.54, 1.807) is 24.3 Å². The number of carbonyl (C=O) groups excluding carboxylic acids is 1. The van der Waals surface area contributed by atoms with E-state index in [0.29, 0.717) is 11.3 Å². The van der Waals surface area contributed by atoms with Gasteiger partial charge in [0.25, 0.3) is 0 Å². The zero-order valence-corrected chi connectivity index (χ0v) is 12.8. The Hall–Kier alpha value is -1.81. The van der Waals surface area contributed by atoms with Gasteiger partial charge in [-0.2, -0.15) is 0 Å². The number of hydrogen-bond acceptors (Lipinski definition) is 3. The number of ketones is 1.